The highest BCUT2D eigenvalue weighted by atomic mass is 35.5. The SMILES string of the molecule is CCOc1cc(C2/C(=C(\O)c3cc(Cl)c(OC)c(Cl)c3)C(=O)C(=O)N2CCN(C)C)ccc1O. The summed E-state index contributed by atoms with van der Waals surface area (Å²) >= 11 is 12.5. The van der Waals surface area contributed by atoms with Crippen LogP contribution in [0.25, 0.3) is 5.76 Å². The third kappa shape index (κ3) is 4.94. The first kappa shape index (κ1) is 25.7. The van der Waals surface area contributed by atoms with Gasteiger partial charge in [0.25, 0.3) is 11.7 Å². The van der Waals surface area contributed by atoms with Crippen LogP contribution in [0, 0.1) is 0 Å². The lowest BCUT2D eigenvalue weighted by atomic mass is 9.95. The maximum atomic E-state index is 13.1. The number of phenolic OH excluding ortho intramolecular Hbond substituents is 1. The number of ether oxygens (including phenoxy) is 2. The number of aromatic hydroxyl groups is 1. The van der Waals surface area contributed by atoms with Crippen LogP contribution in [0.2, 0.25) is 10.0 Å². The third-order valence-corrected chi connectivity index (χ3v) is 5.96. The molecule has 0 aliphatic carbocycles. The number of nitrogens with zero attached hydrogens (tertiary/aromatic N) is 2. The van der Waals surface area contributed by atoms with Gasteiger partial charge in [0.05, 0.1) is 35.4 Å². The van der Waals surface area contributed by atoms with Gasteiger partial charge in [-0.25, -0.2) is 0 Å². The van der Waals surface area contributed by atoms with Crippen molar-refractivity contribution in [3.63, 3.8) is 0 Å². The average Bonchev–Trinajstić information content (AvgIpc) is 3.03. The summed E-state index contributed by atoms with van der Waals surface area (Å²) in [6.07, 6.45) is 0. The van der Waals surface area contributed by atoms with Crippen LogP contribution < -0.4 is 9.47 Å². The Hall–Kier alpha value is -2.94. The summed E-state index contributed by atoms with van der Waals surface area (Å²) in [5.41, 5.74) is 0.538. The van der Waals surface area contributed by atoms with E-state index in [1.165, 1.54) is 30.2 Å². The molecule has 1 unspecified atom stereocenters. The molecule has 1 amide bonds. The largest absolute Gasteiger partial charge is 0.507 e. The first-order chi connectivity index (χ1) is 16.1. The molecule has 1 aliphatic heterocycles. The van der Waals surface area contributed by atoms with E-state index in [0.29, 0.717) is 18.7 Å². The molecule has 0 saturated carbocycles. The first-order valence-electron chi connectivity index (χ1n) is 10.5. The number of likely N-dealkylation sites (N-methyl/N-ethyl adjacent to an activating group) is 1. The summed E-state index contributed by atoms with van der Waals surface area (Å²) in [4.78, 5) is 29.4. The van der Waals surface area contributed by atoms with Crippen molar-refractivity contribution in [2.45, 2.75) is 13.0 Å². The second-order valence-electron chi connectivity index (χ2n) is 7.93. The Bertz CT molecular complexity index is 1130. The Morgan fingerprint density at radius 2 is 1.79 bits per heavy atom. The van der Waals surface area contributed by atoms with E-state index in [2.05, 4.69) is 0 Å². The fourth-order valence-electron chi connectivity index (χ4n) is 3.78. The highest BCUT2D eigenvalue weighted by Crippen LogP contribution is 2.43. The molecule has 2 N–H and O–H groups in total. The van der Waals surface area contributed by atoms with Crippen LogP contribution in [0.5, 0.6) is 17.2 Å². The summed E-state index contributed by atoms with van der Waals surface area (Å²) < 4.78 is 10.6. The zero-order valence-electron chi connectivity index (χ0n) is 19.3. The highest BCUT2D eigenvalue weighted by molar-refractivity contribution is 6.46. The van der Waals surface area contributed by atoms with Crippen molar-refractivity contribution in [1.29, 1.82) is 0 Å². The number of benzene rings is 2. The van der Waals surface area contributed by atoms with Gasteiger partial charge in [0.15, 0.2) is 17.2 Å². The standard InChI is InChI=1S/C24H26Cl2N2O6/c1-5-34-18-12-13(6-7-17(18)29)20-19(22(31)24(32)28(20)9-8-27(2)3)21(30)14-10-15(25)23(33-4)16(26)11-14/h6-7,10-12,20,29-30H,5,8-9H2,1-4H3/b21-19+. The summed E-state index contributed by atoms with van der Waals surface area (Å²) in [5, 5.41) is 21.6. The van der Waals surface area contributed by atoms with Gasteiger partial charge in [-0.1, -0.05) is 29.3 Å². The van der Waals surface area contributed by atoms with Gasteiger partial charge < -0.3 is 29.5 Å². The third-order valence-electron chi connectivity index (χ3n) is 5.40. The fraction of sp³-hybridized carbons (Fsp3) is 0.333. The Morgan fingerprint density at radius 1 is 1.15 bits per heavy atom. The number of hydrogen-bond acceptors (Lipinski definition) is 7. The number of hydrogen-bond donors (Lipinski definition) is 2. The Labute approximate surface area is 207 Å². The number of methoxy groups -OCH3 is 1. The maximum absolute atomic E-state index is 13.1. The molecule has 1 heterocycles. The van der Waals surface area contributed by atoms with Crippen LogP contribution >= 0.6 is 23.2 Å². The number of aliphatic hydroxyl groups is 1. The van der Waals surface area contributed by atoms with E-state index in [9.17, 15) is 19.8 Å². The van der Waals surface area contributed by atoms with Gasteiger partial charge in [-0.15, -0.1) is 0 Å². The molecule has 34 heavy (non-hydrogen) atoms. The van der Waals surface area contributed by atoms with E-state index in [1.807, 2.05) is 19.0 Å². The molecule has 1 fully saturated rings. The average molecular weight is 509 g/mol. The predicted octanol–water partition coefficient (Wildman–Crippen LogP) is 4.09. The van der Waals surface area contributed by atoms with Crippen molar-refractivity contribution in [2.75, 3.05) is 40.9 Å². The van der Waals surface area contributed by atoms with E-state index >= 15 is 0 Å². The zero-order valence-corrected chi connectivity index (χ0v) is 20.8. The lowest BCUT2D eigenvalue weighted by Crippen LogP contribution is -2.35. The van der Waals surface area contributed by atoms with Crippen molar-refractivity contribution in [3.05, 3.63) is 57.1 Å². The van der Waals surface area contributed by atoms with Crippen molar-refractivity contribution >= 4 is 40.7 Å². The molecule has 3 rings (SSSR count). The molecule has 0 radical (unpaired) electrons. The van der Waals surface area contributed by atoms with Crippen LogP contribution in [0.4, 0.5) is 0 Å². The lowest BCUT2D eigenvalue weighted by Gasteiger charge is -2.27. The van der Waals surface area contributed by atoms with Gasteiger partial charge in [0.2, 0.25) is 0 Å². The quantitative estimate of drug-likeness (QED) is 0.314. The number of Topliss-reactive ketones (excluding diaryl/α,β-unsaturated/α-hetero) is 1. The molecule has 2 aromatic carbocycles. The van der Waals surface area contributed by atoms with Gasteiger partial charge in [0, 0.05) is 18.7 Å². The summed E-state index contributed by atoms with van der Waals surface area (Å²) in [7, 11) is 5.10. The molecule has 0 bridgehead atoms. The number of carbonyl (C=O) groups is 2. The summed E-state index contributed by atoms with van der Waals surface area (Å²) in [5.74, 6) is -1.66. The number of carbonyl (C=O) groups excluding carboxylic acids is 2. The van der Waals surface area contributed by atoms with Crippen LogP contribution in [0.15, 0.2) is 35.9 Å². The maximum Gasteiger partial charge on any atom is 0.295 e. The van der Waals surface area contributed by atoms with Crippen molar-refractivity contribution in [3.8, 4) is 17.2 Å². The molecule has 0 aromatic heterocycles. The fourth-order valence-corrected chi connectivity index (χ4v) is 4.43. The van der Waals surface area contributed by atoms with Crippen LogP contribution in [0.1, 0.15) is 24.1 Å². The van der Waals surface area contributed by atoms with E-state index in [4.69, 9.17) is 32.7 Å². The van der Waals surface area contributed by atoms with E-state index in [-0.39, 0.29) is 45.0 Å². The smallest absolute Gasteiger partial charge is 0.295 e. The van der Waals surface area contributed by atoms with E-state index in [0.717, 1.165) is 0 Å². The number of halogens is 2. The second kappa shape index (κ2) is 10.5. The zero-order chi connectivity index (χ0) is 25.2. The minimum atomic E-state index is -0.917. The molecule has 1 aliphatic rings. The second-order valence-corrected chi connectivity index (χ2v) is 8.74. The molecule has 182 valence electrons. The normalized spacial score (nSPS) is 17.5. The first-order valence-corrected chi connectivity index (χ1v) is 11.3. The Balaban J connectivity index is 2.22. The number of likely N-dealkylation sites (tertiary alicyclic amines) is 1. The van der Waals surface area contributed by atoms with Gasteiger partial charge in [-0.05, 0) is 50.8 Å². The molecular weight excluding hydrogens is 483 g/mol. The van der Waals surface area contributed by atoms with Crippen molar-refractivity contribution < 1.29 is 29.3 Å². The van der Waals surface area contributed by atoms with Crippen LogP contribution in [-0.2, 0) is 9.59 Å². The molecule has 1 atom stereocenters. The number of phenols is 1. The van der Waals surface area contributed by atoms with Crippen molar-refractivity contribution in [2.24, 2.45) is 0 Å². The lowest BCUT2D eigenvalue weighted by molar-refractivity contribution is -0.140. The Kier molecular flexibility index (Phi) is 7.97. The summed E-state index contributed by atoms with van der Waals surface area (Å²) in [6, 6.07) is 6.47. The molecule has 0 spiro atoms. The van der Waals surface area contributed by atoms with Gasteiger partial charge in [-0.2, -0.15) is 0 Å². The molecule has 1 saturated heterocycles. The van der Waals surface area contributed by atoms with E-state index < -0.39 is 23.5 Å². The van der Waals surface area contributed by atoms with Gasteiger partial charge >= 0.3 is 0 Å². The van der Waals surface area contributed by atoms with Gasteiger partial charge in [-0.3, -0.25) is 9.59 Å². The topological polar surface area (TPSA) is 99.5 Å². The number of aliphatic hydroxyl groups excluding tert-OH is 1. The number of amides is 1. The van der Waals surface area contributed by atoms with E-state index in [1.54, 1.807) is 19.1 Å². The molecule has 2 aromatic rings. The predicted molar refractivity (Wildman–Crippen MR) is 130 cm³/mol. The molecule has 10 heteroatoms. The minimum Gasteiger partial charge on any atom is -0.507 e. The highest BCUT2D eigenvalue weighted by Gasteiger charge is 2.46. The van der Waals surface area contributed by atoms with Crippen LogP contribution in [0.3, 0.4) is 0 Å². The molecular formula is C24H26Cl2N2O6. The molecule has 8 nitrogen and oxygen atoms in total. The number of rotatable bonds is 8. The Morgan fingerprint density at radius 3 is 2.35 bits per heavy atom. The number of ketones is 1. The van der Waals surface area contributed by atoms with Gasteiger partial charge in [0.1, 0.15) is 5.76 Å². The monoisotopic (exact) mass is 508 g/mol. The summed E-state index contributed by atoms with van der Waals surface area (Å²) in [6.45, 7) is 2.79. The minimum absolute atomic E-state index is 0.0791. The van der Waals surface area contributed by atoms with Crippen LogP contribution in [-0.4, -0.2) is 72.6 Å². The van der Waals surface area contributed by atoms with Crippen molar-refractivity contribution in [1.82, 2.24) is 9.80 Å².